The van der Waals surface area contributed by atoms with Crippen LogP contribution in [0.2, 0.25) is 0 Å². The van der Waals surface area contributed by atoms with Crippen molar-refractivity contribution in [1.29, 1.82) is 0 Å². The van der Waals surface area contributed by atoms with Crippen LogP contribution >= 0.6 is 0 Å². The van der Waals surface area contributed by atoms with E-state index in [0.717, 1.165) is 0 Å². The molecule has 1 rings (SSSR count). The zero-order valence-electron chi connectivity index (χ0n) is 8.86. The van der Waals surface area contributed by atoms with Crippen LogP contribution in [-0.2, 0) is 0 Å². The van der Waals surface area contributed by atoms with Crippen LogP contribution in [0, 0.1) is 12.3 Å². The topological polar surface area (TPSA) is 61.4 Å². The molecule has 0 bridgehead atoms. The third-order valence-electron chi connectivity index (χ3n) is 1.91. The molecule has 0 atom stereocenters. The molecule has 0 aliphatic carbocycles. The zero-order chi connectivity index (χ0) is 11.8. The van der Waals surface area contributed by atoms with Crippen molar-refractivity contribution in [2.75, 3.05) is 18.5 Å². The Hall–Kier alpha value is -1.99. The number of hydrogen-bond acceptors (Lipinski definition) is 2. The lowest BCUT2D eigenvalue weighted by Gasteiger charge is -2.06. The number of rotatable bonds is 4. The van der Waals surface area contributed by atoms with Gasteiger partial charge in [0.15, 0.2) is 0 Å². The average molecular weight is 218 g/mol. The van der Waals surface area contributed by atoms with E-state index in [-0.39, 0.29) is 12.6 Å². The lowest BCUT2D eigenvalue weighted by atomic mass is 10.2. The number of aliphatic hydroxyl groups is 1. The Morgan fingerprint density at radius 3 is 3.00 bits per heavy atom. The van der Waals surface area contributed by atoms with E-state index in [1.165, 1.54) is 0 Å². The Balaban J connectivity index is 2.47. The minimum Gasteiger partial charge on any atom is -0.396 e. The fraction of sp³-hybridized carbons (Fsp3) is 0.250. The quantitative estimate of drug-likeness (QED) is 0.525. The number of amides is 2. The molecule has 0 spiro atoms. The van der Waals surface area contributed by atoms with Crippen molar-refractivity contribution in [2.24, 2.45) is 0 Å². The van der Waals surface area contributed by atoms with Gasteiger partial charge in [-0.3, -0.25) is 0 Å². The van der Waals surface area contributed by atoms with E-state index in [4.69, 9.17) is 11.5 Å². The van der Waals surface area contributed by atoms with E-state index in [2.05, 4.69) is 16.6 Å². The molecule has 0 heterocycles. The monoisotopic (exact) mass is 218 g/mol. The largest absolute Gasteiger partial charge is 0.396 e. The number of carbonyl (C=O) groups excluding carboxylic acids is 1. The fourth-order valence-electron chi connectivity index (χ4n) is 1.14. The summed E-state index contributed by atoms with van der Waals surface area (Å²) < 4.78 is 0. The highest BCUT2D eigenvalue weighted by Gasteiger charge is 2.00. The van der Waals surface area contributed by atoms with Gasteiger partial charge in [-0.25, -0.2) is 4.79 Å². The van der Waals surface area contributed by atoms with Crippen molar-refractivity contribution >= 4 is 11.7 Å². The van der Waals surface area contributed by atoms with Gasteiger partial charge in [0.1, 0.15) is 0 Å². The molecule has 0 fully saturated rings. The summed E-state index contributed by atoms with van der Waals surface area (Å²) in [5.74, 6) is 2.49. The molecule has 1 aromatic carbocycles. The number of aliphatic hydroxyl groups excluding tert-OH is 1. The van der Waals surface area contributed by atoms with Gasteiger partial charge in [-0.05, 0) is 24.6 Å². The summed E-state index contributed by atoms with van der Waals surface area (Å²) in [5, 5.41) is 13.8. The van der Waals surface area contributed by atoms with E-state index in [1.807, 2.05) is 0 Å². The van der Waals surface area contributed by atoms with E-state index < -0.39 is 0 Å². The maximum absolute atomic E-state index is 11.3. The summed E-state index contributed by atoms with van der Waals surface area (Å²) in [6, 6.07) is 6.73. The standard InChI is InChI=1S/C12H14N2O2/c1-2-10-5-3-6-11(9-10)14-12(16)13-7-4-8-15/h1,3,5-6,9,15H,4,7-8H2,(H2,13,14,16). The second-order valence-corrected chi connectivity index (χ2v) is 3.18. The molecule has 4 nitrogen and oxygen atoms in total. The Kier molecular flexibility index (Phi) is 4.90. The number of carbonyl (C=O) groups is 1. The average Bonchev–Trinajstić information content (AvgIpc) is 2.29. The molecule has 4 heteroatoms. The van der Waals surface area contributed by atoms with Gasteiger partial charge in [0, 0.05) is 24.4 Å². The Bertz CT molecular complexity index is 396. The SMILES string of the molecule is C#Cc1cccc(NC(=O)NCCCO)c1. The third kappa shape index (κ3) is 4.03. The van der Waals surface area contributed by atoms with Gasteiger partial charge < -0.3 is 15.7 Å². The van der Waals surface area contributed by atoms with Crippen LogP contribution in [0.15, 0.2) is 24.3 Å². The smallest absolute Gasteiger partial charge is 0.319 e. The van der Waals surface area contributed by atoms with Crippen LogP contribution in [-0.4, -0.2) is 24.3 Å². The Morgan fingerprint density at radius 1 is 1.50 bits per heavy atom. The molecule has 0 saturated heterocycles. The van der Waals surface area contributed by atoms with Crippen LogP contribution in [0.3, 0.4) is 0 Å². The van der Waals surface area contributed by atoms with Gasteiger partial charge in [-0.15, -0.1) is 6.42 Å². The molecule has 16 heavy (non-hydrogen) atoms. The number of anilines is 1. The molecule has 84 valence electrons. The van der Waals surface area contributed by atoms with E-state index >= 15 is 0 Å². The zero-order valence-corrected chi connectivity index (χ0v) is 8.86. The van der Waals surface area contributed by atoms with E-state index in [0.29, 0.717) is 24.2 Å². The Labute approximate surface area is 94.7 Å². The highest BCUT2D eigenvalue weighted by atomic mass is 16.3. The highest BCUT2D eigenvalue weighted by molar-refractivity contribution is 5.89. The van der Waals surface area contributed by atoms with Crippen LogP contribution < -0.4 is 10.6 Å². The van der Waals surface area contributed by atoms with E-state index in [9.17, 15) is 4.79 Å². The second-order valence-electron chi connectivity index (χ2n) is 3.18. The summed E-state index contributed by atoms with van der Waals surface area (Å²) in [7, 11) is 0. The molecule has 0 aliphatic rings. The summed E-state index contributed by atoms with van der Waals surface area (Å²) in [5.41, 5.74) is 1.37. The lowest BCUT2D eigenvalue weighted by molar-refractivity contribution is 0.249. The lowest BCUT2D eigenvalue weighted by Crippen LogP contribution is -2.29. The van der Waals surface area contributed by atoms with Crippen LogP contribution in [0.25, 0.3) is 0 Å². The second kappa shape index (κ2) is 6.49. The number of terminal acetylenes is 1. The molecule has 0 aliphatic heterocycles. The van der Waals surface area contributed by atoms with Gasteiger partial charge in [-0.1, -0.05) is 12.0 Å². The normalized spacial score (nSPS) is 9.25. The first-order valence-corrected chi connectivity index (χ1v) is 4.98. The van der Waals surface area contributed by atoms with Crippen LogP contribution in [0.5, 0.6) is 0 Å². The number of hydrogen-bond donors (Lipinski definition) is 3. The van der Waals surface area contributed by atoms with Gasteiger partial charge in [0.25, 0.3) is 0 Å². The molecule has 2 amide bonds. The number of urea groups is 1. The summed E-state index contributed by atoms with van der Waals surface area (Å²) in [4.78, 5) is 11.3. The molecule has 0 saturated carbocycles. The van der Waals surface area contributed by atoms with Gasteiger partial charge >= 0.3 is 6.03 Å². The molecule has 0 radical (unpaired) electrons. The molecule has 0 unspecified atom stereocenters. The summed E-state index contributed by atoms with van der Waals surface area (Å²) in [6.07, 6.45) is 5.78. The first-order chi connectivity index (χ1) is 7.76. The van der Waals surface area contributed by atoms with Crippen molar-refractivity contribution in [1.82, 2.24) is 5.32 Å². The predicted octanol–water partition coefficient (Wildman–Crippen LogP) is 1.17. The minimum absolute atomic E-state index is 0.0624. The van der Waals surface area contributed by atoms with Gasteiger partial charge in [-0.2, -0.15) is 0 Å². The number of nitrogens with one attached hydrogen (secondary N) is 2. The first-order valence-electron chi connectivity index (χ1n) is 4.98. The maximum atomic E-state index is 11.3. The summed E-state index contributed by atoms with van der Waals surface area (Å²) >= 11 is 0. The summed E-state index contributed by atoms with van der Waals surface area (Å²) in [6.45, 7) is 0.504. The van der Waals surface area contributed by atoms with Gasteiger partial charge in [0.2, 0.25) is 0 Å². The molecule has 3 N–H and O–H groups in total. The molecule has 0 aromatic heterocycles. The van der Waals surface area contributed by atoms with Crippen molar-refractivity contribution in [3.8, 4) is 12.3 Å². The first kappa shape index (κ1) is 12.1. The van der Waals surface area contributed by atoms with Gasteiger partial charge in [0.05, 0.1) is 0 Å². The maximum Gasteiger partial charge on any atom is 0.319 e. The molecule has 1 aromatic rings. The van der Waals surface area contributed by atoms with Crippen molar-refractivity contribution < 1.29 is 9.90 Å². The Morgan fingerprint density at radius 2 is 2.31 bits per heavy atom. The van der Waals surface area contributed by atoms with E-state index in [1.54, 1.807) is 24.3 Å². The van der Waals surface area contributed by atoms with Crippen molar-refractivity contribution in [2.45, 2.75) is 6.42 Å². The third-order valence-corrected chi connectivity index (χ3v) is 1.91. The fourth-order valence-corrected chi connectivity index (χ4v) is 1.14. The van der Waals surface area contributed by atoms with Crippen LogP contribution in [0.4, 0.5) is 10.5 Å². The minimum atomic E-state index is -0.303. The van der Waals surface area contributed by atoms with Crippen molar-refractivity contribution in [3.05, 3.63) is 29.8 Å². The molecular formula is C12H14N2O2. The molecular weight excluding hydrogens is 204 g/mol. The van der Waals surface area contributed by atoms with Crippen molar-refractivity contribution in [3.63, 3.8) is 0 Å². The van der Waals surface area contributed by atoms with Crippen LogP contribution in [0.1, 0.15) is 12.0 Å². The number of benzene rings is 1. The highest BCUT2D eigenvalue weighted by Crippen LogP contribution is 2.09. The predicted molar refractivity (Wildman–Crippen MR) is 63.1 cm³/mol.